The van der Waals surface area contributed by atoms with Gasteiger partial charge in [-0.05, 0) is 57.2 Å². The Kier molecular flexibility index (Phi) is 7.73. The van der Waals surface area contributed by atoms with E-state index in [4.69, 9.17) is 4.74 Å². The van der Waals surface area contributed by atoms with Crippen LogP contribution in [0.4, 0.5) is 5.69 Å². The van der Waals surface area contributed by atoms with Crippen molar-refractivity contribution in [3.8, 4) is 5.75 Å². The number of hydrogen-bond acceptors (Lipinski definition) is 5. The van der Waals surface area contributed by atoms with Crippen LogP contribution in [0, 0.1) is 6.92 Å². The van der Waals surface area contributed by atoms with Crippen LogP contribution < -0.4 is 10.1 Å². The Labute approximate surface area is 163 Å². The van der Waals surface area contributed by atoms with Gasteiger partial charge in [0.25, 0.3) is 0 Å². The molecule has 1 heterocycles. The van der Waals surface area contributed by atoms with Gasteiger partial charge in [0.1, 0.15) is 11.5 Å². The number of ketones is 2. The Morgan fingerprint density at radius 1 is 0.963 bits per heavy atom. The molecular weight excluding hydrogens is 362 g/mol. The zero-order valence-electron chi connectivity index (χ0n) is 15.9. The van der Waals surface area contributed by atoms with E-state index in [9.17, 15) is 14.4 Å². The summed E-state index contributed by atoms with van der Waals surface area (Å²) in [5, 5.41) is 2.76. The van der Waals surface area contributed by atoms with E-state index in [1.165, 1.54) is 11.3 Å². The highest BCUT2D eigenvalue weighted by Crippen LogP contribution is 2.19. The number of thiophene rings is 1. The fourth-order valence-electron chi connectivity index (χ4n) is 2.45. The molecule has 0 aliphatic carbocycles. The molecule has 1 N–H and O–H groups in total. The van der Waals surface area contributed by atoms with Gasteiger partial charge in [0, 0.05) is 36.2 Å². The molecule has 144 valence electrons. The first-order chi connectivity index (χ1) is 12.8. The monoisotopic (exact) mass is 387 g/mol. The smallest absolute Gasteiger partial charge is 0.224 e. The normalized spacial score (nSPS) is 10.7. The summed E-state index contributed by atoms with van der Waals surface area (Å²) in [6, 6.07) is 10.8. The van der Waals surface area contributed by atoms with Gasteiger partial charge in [0.05, 0.1) is 11.0 Å². The molecule has 1 amide bonds. The number of nitrogens with one attached hydrogen (secondary N) is 1. The Hall–Kier alpha value is -2.47. The number of anilines is 1. The predicted molar refractivity (Wildman–Crippen MR) is 108 cm³/mol. The molecule has 0 aliphatic heterocycles. The summed E-state index contributed by atoms with van der Waals surface area (Å²) in [5.74, 6) is 0.423. The zero-order chi connectivity index (χ0) is 19.8. The third-order valence-corrected chi connectivity index (χ3v) is 4.83. The van der Waals surface area contributed by atoms with E-state index >= 15 is 0 Å². The molecule has 0 atom stereocenters. The molecule has 0 spiro atoms. The molecule has 2 rings (SSSR count). The molecule has 0 aliphatic rings. The maximum Gasteiger partial charge on any atom is 0.224 e. The highest BCUT2D eigenvalue weighted by atomic mass is 32.1. The van der Waals surface area contributed by atoms with Crippen LogP contribution in [-0.2, 0) is 9.59 Å². The Morgan fingerprint density at radius 3 is 2.22 bits per heavy atom. The molecule has 6 heteroatoms. The van der Waals surface area contributed by atoms with Crippen molar-refractivity contribution >= 4 is 34.5 Å². The van der Waals surface area contributed by atoms with Crippen molar-refractivity contribution in [1.82, 2.24) is 0 Å². The highest BCUT2D eigenvalue weighted by Gasteiger charge is 2.12. The minimum atomic E-state index is -0.221. The van der Waals surface area contributed by atoms with Crippen LogP contribution in [0.2, 0.25) is 0 Å². The zero-order valence-corrected chi connectivity index (χ0v) is 16.7. The number of Topliss-reactive ketones (excluding diaryl/α,β-unsaturated/α-hetero) is 2. The van der Waals surface area contributed by atoms with Crippen LogP contribution in [-0.4, -0.2) is 23.6 Å². The van der Waals surface area contributed by atoms with E-state index in [1.807, 2.05) is 26.8 Å². The molecule has 27 heavy (non-hydrogen) atoms. The number of hydrogen-bond donors (Lipinski definition) is 1. The SMILES string of the molecule is Cc1ccc(C(=O)CCC(=O)CCC(=O)Nc2ccc(OC(C)C)cc2)s1. The van der Waals surface area contributed by atoms with Crippen LogP contribution in [0.3, 0.4) is 0 Å². The van der Waals surface area contributed by atoms with Crippen LogP contribution >= 0.6 is 11.3 Å². The molecule has 1 aromatic carbocycles. The van der Waals surface area contributed by atoms with E-state index in [2.05, 4.69) is 5.32 Å². The summed E-state index contributed by atoms with van der Waals surface area (Å²) in [4.78, 5) is 37.7. The molecule has 0 bridgehead atoms. The third-order valence-electron chi connectivity index (χ3n) is 3.79. The van der Waals surface area contributed by atoms with E-state index < -0.39 is 0 Å². The van der Waals surface area contributed by atoms with Crippen molar-refractivity contribution in [3.05, 3.63) is 46.2 Å². The second kappa shape index (κ2) is 10.0. The summed E-state index contributed by atoms with van der Waals surface area (Å²) in [6.45, 7) is 5.83. The Morgan fingerprint density at radius 2 is 1.63 bits per heavy atom. The molecule has 5 nitrogen and oxygen atoms in total. The fraction of sp³-hybridized carbons (Fsp3) is 0.381. The van der Waals surface area contributed by atoms with Crippen LogP contribution in [0.15, 0.2) is 36.4 Å². The van der Waals surface area contributed by atoms with Gasteiger partial charge in [-0.25, -0.2) is 0 Å². The summed E-state index contributed by atoms with van der Waals surface area (Å²) >= 11 is 1.44. The topological polar surface area (TPSA) is 72.5 Å². The van der Waals surface area contributed by atoms with E-state index in [0.29, 0.717) is 10.6 Å². The maximum atomic E-state index is 12.0. The van der Waals surface area contributed by atoms with Crippen LogP contribution in [0.5, 0.6) is 5.75 Å². The lowest BCUT2D eigenvalue weighted by atomic mass is 10.1. The first kappa shape index (κ1) is 20.8. The third kappa shape index (κ3) is 7.35. The first-order valence-corrected chi connectivity index (χ1v) is 9.83. The lowest BCUT2D eigenvalue weighted by Gasteiger charge is -2.10. The van der Waals surface area contributed by atoms with Crippen molar-refractivity contribution in [2.45, 2.75) is 52.6 Å². The molecular formula is C21H25NO4S. The molecule has 0 saturated heterocycles. The quantitative estimate of drug-likeness (QED) is 0.595. The van der Waals surface area contributed by atoms with Gasteiger partial charge in [-0.1, -0.05) is 0 Å². The van der Waals surface area contributed by atoms with Gasteiger partial charge in [0.15, 0.2) is 5.78 Å². The van der Waals surface area contributed by atoms with Crippen molar-refractivity contribution in [2.75, 3.05) is 5.32 Å². The van der Waals surface area contributed by atoms with Gasteiger partial charge in [-0.2, -0.15) is 0 Å². The Balaban J connectivity index is 1.70. The van der Waals surface area contributed by atoms with Crippen molar-refractivity contribution in [2.24, 2.45) is 0 Å². The molecule has 2 aromatic rings. The summed E-state index contributed by atoms with van der Waals surface area (Å²) in [6.07, 6.45) is 0.696. The lowest BCUT2D eigenvalue weighted by molar-refractivity contribution is -0.122. The first-order valence-electron chi connectivity index (χ1n) is 9.01. The lowest BCUT2D eigenvalue weighted by Crippen LogP contribution is -2.14. The minimum Gasteiger partial charge on any atom is -0.491 e. The second-order valence-electron chi connectivity index (χ2n) is 6.61. The van der Waals surface area contributed by atoms with Crippen LogP contribution in [0.1, 0.15) is 54.1 Å². The number of carbonyl (C=O) groups is 3. The summed E-state index contributed by atoms with van der Waals surface area (Å²) < 4.78 is 5.55. The van der Waals surface area contributed by atoms with Crippen LogP contribution in [0.25, 0.3) is 0 Å². The summed E-state index contributed by atoms with van der Waals surface area (Å²) in [7, 11) is 0. The van der Waals surface area contributed by atoms with Crippen molar-refractivity contribution in [3.63, 3.8) is 0 Å². The van der Waals surface area contributed by atoms with Gasteiger partial charge in [-0.3, -0.25) is 14.4 Å². The molecule has 1 aromatic heterocycles. The van der Waals surface area contributed by atoms with Gasteiger partial charge < -0.3 is 10.1 Å². The molecule has 0 fully saturated rings. The minimum absolute atomic E-state index is 0.0189. The number of ether oxygens (including phenoxy) is 1. The Bertz CT molecular complexity index is 793. The predicted octanol–water partition coefficient (Wildman–Crippen LogP) is 4.79. The van der Waals surface area contributed by atoms with Gasteiger partial charge in [0.2, 0.25) is 5.91 Å². The van der Waals surface area contributed by atoms with Crippen molar-refractivity contribution in [1.29, 1.82) is 0 Å². The molecule has 0 radical (unpaired) electrons. The maximum absolute atomic E-state index is 12.0. The molecule has 0 unspecified atom stereocenters. The molecule has 0 saturated carbocycles. The second-order valence-corrected chi connectivity index (χ2v) is 7.90. The number of rotatable bonds is 10. The number of benzene rings is 1. The van der Waals surface area contributed by atoms with Crippen molar-refractivity contribution < 1.29 is 19.1 Å². The van der Waals surface area contributed by atoms with E-state index in [-0.39, 0.29) is 49.3 Å². The highest BCUT2D eigenvalue weighted by molar-refractivity contribution is 7.14. The van der Waals surface area contributed by atoms with Gasteiger partial charge in [-0.15, -0.1) is 11.3 Å². The largest absolute Gasteiger partial charge is 0.491 e. The number of aryl methyl sites for hydroxylation is 1. The average Bonchev–Trinajstić information content (AvgIpc) is 3.05. The standard InChI is InChI=1S/C21H25NO4S/c1-14(2)26-18-9-5-16(6-10-18)22-21(25)13-8-17(23)7-11-19(24)20-12-4-15(3)27-20/h4-6,9-10,12,14H,7-8,11,13H2,1-3H3,(H,22,25). The summed E-state index contributed by atoms with van der Waals surface area (Å²) in [5.41, 5.74) is 0.659. The van der Waals surface area contributed by atoms with E-state index in [0.717, 1.165) is 10.6 Å². The number of carbonyl (C=O) groups excluding carboxylic acids is 3. The number of amides is 1. The average molecular weight is 388 g/mol. The van der Waals surface area contributed by atoms with E-state index in [1.54, 1.807) is 30.3 Å². The fourth-order valence-corrected chi connectivity index (χ4v) is 3.29. The van der Waals surface area contributed by atoms with Gasteiger partial charge >= 0.3 is 0 Å².